The molecule has 0 unspecified atom stereocenters. The van der Waals surface area contributed by atoms with E-state index in [9.17, 15) is 9.59 Å². The van der Waals surface area contributed by atoms with E-state index in [0.717, 1.165) is 32.1 Å². The SMILES string of the molecule is C[C@H](COC(=O)C(C)(C)C)[C@H]1CC[C@H]2C(=O)CCC[C@]12C. The highest BCUT2D eigenvalue weighted by atomic mass is 16.5. The van der Waals surface area contributed by atoms with Crippen LogP contribution in [0, 0.1) is 28.6 Å². The highest BCUT2D eigenvalue weighted by molar-refractivity contribution is 5.83. The fraction of sp³-hybridized carbons (Fsp3) is 0.889. The molecule has 0 radical (unpaired) electrons. The van der Waals surface area contributed by atoms with Crippen molar-refractivity contribution in [2.24, 2.45) is 28.6 Å². The van der Waals surface area contributed by atoms with E-state index in [0.29, 0.717) is 24.2 Å². The van der Waals surface area contributed by atoms with Crippen LogP contribution in [0.15, 0.2) is 0 Å². The van der Waals surface area contributed by atoms with Crippen LogP contribution in [-0.4, -0.2) is 18.4 Å². The number of hydrogen-bond donors (Lipinski definition) is 0. The topological polar surface area (TPSA) is 43.4 Å². The van der Waals surface area contributed by atoms with Gasteiger partial charge in [0.25, 0.3) is 0 Å². The van der Waals surface area contributed by atoms with Crippen molar-refractivity contribution in [3.8, 4) is 0 Å². The van der Waals surface area contributed by atoms with Crippen LogP contribution >= 0.6 is 0 Å². The van der Waals surface area contributed by atoms with E-state index < -0.39 is 5.41 Å². The Morgan fingerprint density at radius 3 is 2.67 bits per heavy atom. The molecule has 0 amide bonds. The zero-order valence-electron chi connectivity index (χ0n) is 14.2. The zero-order chi connectivity index (χ0) is 15.8. The molecule has 4 atom stereocenters. The van der Waals surface area contributed by atoms with E-state index >= 15 is 0 Å². The Balaban J connectivity index is 1.98. The molecule has 0 saturated heterocycles. The Morgan fingerprint density at radius 2 is 2.05 bits per heavy atom. The van der Waals surface area contributed by atoms with Gasteiger partial charge >= 0.3 is 5.97 Å². The van der Waals surface area contributed by atoms with Crippen LogP contribution in [0.3, 0.4) is 0 Å². The number of rotatable bonds is 3. The number of carbonyl (C=O) groups excluding carboxylic acids is 2. The first-order chi connectivity index (χ1) is 9.66. The van der Waals surface area contributed by atoms with E-state index in [2.05, 4.69) is 13.8 Å². The van der Waals surface area contributed by atoms with Crippen molar-refractivity contribution in [3.05, 3.63) is 0 Å². The number of esters is 1. The average Bonchev–Trinajstić information content (AvgIpc) is 2.73. The first-order valence-corrected chi connectivity index (χ1v) is 8.36. The minimum atomic E-state index is -0.442. The van der Waals surface area contributed by atoms with Gasteiger partial charge in [0.1, 0.15) is 5.78 Å². The maximum atomic E-state index is 12.2. The summed E-state index contributed by atoms with van der Waals surface area (Å²) in [4.78, 5) is 24.1. The van der Waals surface area contributed by atoms with E-state index in [-0.39, 0.29) is 17.3 Å². The van der Waals surface area contributed by atoms with Crippen molar-refractivity contribution in [2.45, 2.75) is 66.7 Å². The van der Waals surface area contributed by atoms with Gasteiger partial charge in [-0.15, -0.1) is 0 Å². The number of hydrogen-bond acceptors (Lipinski definition) is 3. The summed E-state index contributed by atoms with van der Waals surface area (Å²) < 4.78 is 5.51. The van der Waals surface area contributed by atoms with Crippen LogP contribution in [0.1, 0.15) is 66.7 Å². The fourth-order valence-electron chi connectivity index (χ4n) is 4.44. The maximum absolute atomic E-state index is 12.2. The number of fused-ring (bicyclic) bond motifs is 1. The molecule has 2 fully saturated rings. The lowest BCUT2D eigenvalue weighted by Crippen LogP contribution is -2.40. The van der Waals surface area contributed by atoms with Gasteiger partial charge in [-0.2, -0.15) is 0 Å². The van der Waals surface area contributed by atoms with Crippen molar-refractivity contribution < 1.29 is 14.3 Å². The average molecular weight is 294 g/mol. The van der Waals surface area contributed by atoms with Crippen LogP contribution in [0.4, 0.5) is 0 Å². The summed E-state index contributed by atoms with van der Waals surface area (Å²) in [5.74, 6) is 1.41. The molecule has 3 nitrogen and oxygen atoms in total. The number of ether oxygens (including phenoxy) is 1. The lowest BCUT2D eigenvalue weighted by molar-refractivity contribution is -0.155. The standard InChI is InChI=1S/C18H30O3/c1-12(11-21-16(20)17(2,3)4)13-8-9-14-15(19)7-6-10-18(13,14)5/h12-14H,6-11H2,1-5H3/t12-,13-,14+,18-/m1/s1. The van der Waals surface area contributed by atoms with Gasteiger partial charge in [0, 0.05) is 12.3 Å². The second-order valence-electron chi connectivity index (χ2n) is 8.39. The summed E-state index contributed by atoms with van der Waals surface area (Å²) in [5, 5.41) is 0. The van der Waals surface area contributed by atoms with E-state index in [1.54, 1.807) is 0 Å². The maximum Gasteiger partial charge on any atom is 0.311 e. The Bertz CT molecular complexity index is 421. The molecule has 0 aromatic carbocycles. The summed E-state index contributed by atoms with van der Waals surface area (Å²) in [6.45, 7) is 10.6. The van der Waals surface area contributed by atoms with E-state index in [4.69, 9.17) is 4.74 Å². The van der Waals surface area contributed by atoms with Crippen LogP contribution in [0.2, 0.25) is 0 Å². The molecule has 0 heterocycles. The van der Waals surface area contributed by atoms with Crippen molar-refractivity contribution >= 4 is 11.8 Å². The Kier molecular flexibility index (Phi) is 4.51. The fourth-order valence-corrected chi connectivity index (χ4v) is 4.44. The second kappa shape index (κ2) is 5.73. The minimum absolute atomic E-state index is 0.128. The molecule has 2 aliphatic rings. The van der Waals surface area contributed by atoms with Gasteiger partial charge in [-0.05, 0) is 63.7 Å². The third-order valence-electron chi connectivity index (χ3n) is 5.71. The van der Waals surface area contributed by atoms with E-state index in [1.807, 2.05) is 20.8 Å². The normalized spacial score (nSPS) is 34.4. The van der Waals surface area contributed by atoms with Crippen LogP contribution < -0.4 is 0 Å². The lowest BCUT2D eigenvalue weighted by atomic mass is 9.62. The van der Waals surface area contributed by atoms with Gasteiger partial charge in [-0.1, -0.05) is 13.8 Å². The van der Waals surface area contributed by atoms with Gasteiger partial charge in [0.15, 0.2) is 0 Å². The first-order valence-electron chi connectivity index (χ1n) is 8.36. The van der Waals surface area contributed by atoms with Crippen molar-refractivity contribution in [2.75, 3.05) is 6.61 Å². The molecule has 2 saturated carbocycles. The Labute approximate surface area is 128 Å². The molecule has 0 aromatic rings. The Morgan fingerprint density at radius 1 is 1.38 bits per heavy atom. The molecule has 0 N–H and O–H groups in total. The third-order valence-corrected chi connectivity index (χ3v) is 5.71. The summed E-state index contributed by atoms with van der Waals surface area (Å²) in [6.07, 6.45) is 5.06. The van der Waals surface area contributed by atoms with Crippen molar-refractivity contribution in [1.82, 2.24) is 0 Å². The van der Waals surface area contributed by atoms with Crippen LogP contribution in [0.5, 0.6) is 0 Å². The van der Waals surface area contributed by atoms with Gasteiger partial charge in [-0.3, -0.25) is 9.59 Å². The number of carbonyl (C=O) groups is 2. The highest BCUT2D eigenvalue weighted by Gasteiger charge is 2.52. The monoisotopic (exact) mass is 294 g/mol. The predicted octanol–water partition coefficient (Wildman–Crippen LogP) is 4.00. The molecule has 3 heteroatoms. The first kappa shape index (κ1) is 16.5. The molecule has 0 aromatic heterocycles. The smallest absolute Gasteiger partial charge is 0.311 e. The summed E-state index contributed by atoms with van der Waals surface area (Å²) >= 11 is 0. The summed E-state index contributed by atoms with van der Waals surface area (Å²) in [6, 6.07) is 0. The predicted molar refractivity (Wildman–Crippen MR) is 82.8 cm³/mol. The highest BCUT2D eigenvalue weighted by Crippen LogP contribution is 2.56. The van der Waals surface area contributed by atoms with Crippen molar-refractivity contribution in [3.63, 3.8) is 0 Å². The van der Waals surface area contributed by atoms with Gasteiger partial charge in [0.2, 0.25) is 0 Å². The molecule has 120 valence electrons. The minimum Gasteiger partial charge on any atom is -0.465 e. The second-order valence-corrected chi connectivity index (χ2v) is 8.39. The zero-order valence-corrected chi connectivity index (χ0v) is 14.2. The molecular formula is C18H30O3. The van der Waals surface area contributed by atoms with Gasteiger partial charge in [0.05, 0.1) is 12.0 Å². The third kappa shape index (κ3) is 3.17. The largest absolute Gasteiger partial charge is 0.465 e. The number of Topliss-reactive ketones (excluding diaryl/α,β-unsaturated/α-hetero) is 1. The summed E-state index contributed by atoms with van der Waals surface area (Å²) in [7, 11) is 0. The molecule has 21 heavy (non-hydrogen) atoms. The molecule has 0 spiro atoms. The molecule has 0 bridgehead atoms. The molecule has 0 aliphatic heterocycles. The van der Waals surface area contributed by atoms with Gasteiger partial charge < -0.3 is 4.74 Å². The molecule has 2 aliphatic carbocycles. The quantitative estimate of drug-likeness (QED) is 0.739. The van der Waals surface area contributed by atoms with Crippen LogP contribution in [0.25, 0.3) is 0 Å². The molecular weight excluding hydrogens is 264 g/mol. The number of ketones is 1. The van der Waals surface area contributed by atoms with Gasteiger partial charge in [-0.25, -0.2) is 0 Å². The molecule has 2 rings (SSSR count). The Hall–Kier alpha value is -0.860. The lowest BCUT2D eigenvalue weighted by Gasteiger charge is -2.42. The summed E-state index contributed by atoms with van der Waals surface area (Å²) in [5.41, 5.74) is -0.314. The van der Waals surface area contributed by atoms with E-state index in [1.165, 1.54) is 0 Å². The van der Waals surface area contributed by atoms with Crippen molar-refractivity contribution in [1.29, 1.82) is 0 Å². The van der Waals surface area contributed by atoms with Crippen LogP contribution in [-0.2, 0) is 14.3 Å².